The van der Waals surface area contributed by atoms with Crippen molar-refractivity contribution in [3.63, 3.8) is 0 Å². The normalized spacial score (nSPS) is 12.2. The minimum atomic E-state index is -4.70. The van der Waals surface area contributed by atoms with E-state index in [2.05, 4.69) is 35.7 Å². The number of methoxy groups -OCH3 is 1. The molecule has 0 fully saturated rings. The molecule has 0 atom stereocenters. The van der Waals surface area contributed by atoms with Crippen molar-refractivity contribution in [2.45, 2.75) is 55.5 Å². The van der Waals surface area contributed by atoms with Gasteiger partial charge in [0.2, 0.25) is 5.95 Å². The lowest BCUT2D eigenvalue weighted by molar-refractivity contribution is 0.282. The van der Waals surface area contributed by atoms with E-state index in [4.69, 9.17) is 42.4 Å². The number of rotatable bonds is 23. The van der Waals surface area contributed by atoms with Gasteiger partial charge in [0.1, 0.15) is 45.2 Å². The Morgan fingerprint density at radius 3 is 1.69 bits per heavy atom. The molecule has 0 amide bonds. The quantitative estimate of drug-likeness (QED) is 0.0227. The van der Waals surface area contributed by atoms with E-state index in [0.29, 0.717) is 52.4 Å². The maximum absolute atomic E-state index is 12.0. The molecule has 0 aliphatic heterocycles. The fourth-order valence-corrected chi connectivity index (χ4v) is 8.41. The first kappa shape index (κ1) is 53.1. The van der Waals surface area contributed by atoms with Crippen molar-refractivity contribution in [1.29, 1.82) is 0 Å². The monoisotopic (exact) mass is 1060 g/mol. The molecule has 1 heterocycles. The summed E-state index contributed by atoms with van der Waals surface area (Å²) >= 11 is 13.5. The second-order valence-electron chi connectivity index (χ2n) is 15.0. The Kier molecular flexibility index (Phi) is 17.9. The Labute approximate surface area is 412 Å². The average molecular weight is 1060 g/mol. The van der Waals surface area contributed by atoms with Gasteiger partial charge in [0, 0.05) is 42.6 Å². The van der Waals surface area contributed by atoms with Gasteiger partial charge < -0.3 is 24.6 Å². The van der Waals surface area contributed by atoms with E-state index in [1.807, 2.05) is 6.92 Å². The fourth-order valence-electron chi connectivity index (χ4n) is 6.33. The Balaban J connectivity index is 1.38. The van der Waals surface area contributed by atoms with Crippen LogP contribution in [-0.2, 0) is 56.3 Å². The molecule has 0 saturated heterocycles. The van der Waals surface area contributed by atoms with Gasteiger partial charge in [-0.3, -0.25) is 13.7 Å². The van der Waals surface area contributed by atoms with Gasteiger partial charge in [-0.05, 0) is 78.6 Å². The third-order valence-electron chi connectivity index (χ3n) is 9.71. The second-order valence-corrected chi connectivity index (χ2v) is 20.2. The first-order valence-electron chi connectivity index (χ1n) is 20.8. The molecule has 26 heteroatoms. The Hall–Kier alpha value is -6.22. The number of aliphatic hydroxyl groups excluding tert-OH is 1. The fraction of sp³-hybridized carbons (Fsp3) is 0.250. The Morgan fingerprint density at radius 2 is 1.17 bits per heavy atom. The first-order valence-corrected chi connectivity index (χ1v) is 26.0. The van der Waals surface area contributed by atoms with Crippen LogP contribution in [0, 0.1) is 0 Å². The van der Waals surface area contributed by atoms with E-state index in [9.17, 15) is 44.0 Å². The van der Waals surface area contributed by atoms with E-state index in [0.717, 1.165) is 6.07 Å². The number of azo groups is 2. The number of nitrogens with one attached hydrogen (secondary N) is 1. The lowest BCUT2D eigenvalue weighted by Crippen LogP contribution is -2.12. The highest BCUT2D eigenvalue weighted by Gasteiger charge is 2.20. The molecule has 0 aliphatic rings. The maximum Gasteiger partial charge on any atom is 0.298 e. The maximum atomic E-state index is 12.0. The number of anilines is 1. The third-order valence-corrected chi connectivity index (χ3v) is 12.9. The first-order chi connectivity index (χ1) is 33.2. The molecule has 5 N–H and O–H groups in total. The van der Waals surface area contributed by atoms with Crippen molar-refractivity contribution < 1.29 is 58.2 Å². The van der Waals surface area contributed by atoms with Crippen LogP contribution >= 0.6 is 23.2 Å². The molecular weight excluding hydrogens is 1020 g/mol. The Bertz CT molecular complexity index is 3240. The lowest BCUT2D eigenvalue weighted by Gasteiger charge is -2.15. The number of hydrogen-bond donors (Lipinski definition) is 5. The minimum absolute atomic E-state index is 0.00465. The van der Waals surface area contributed by atoms with Gasteiger partial charge in [-0.25, -0.2) is 4.98 Å². The largest absolute Gasteiger partial charge is 0.495 e. The summed E-state index contributed by atoms with van der Waals surface area (Å²) in [5.41, 5.74) is 3.16. The topological polar surface area (TPSA) is 311 Å². The van der Waals surface area contributed by atoms with E-state index in [-0.39, 0.29) is 94.4 Å². The molecule has 5 aromatic carbocycles. The molecule has 6 aromatic rings. The summed E-state index contributed by atoms with van der Waals surface area (Å²) in [6, 6.07) is 22.2. The van der Waals surface area contributed by atoms with Gasteiger partial charge in [0.05, 0.1) is 59.0 Å². The zero-order chi connectivity index (χ0) is 50.6. The summed E-state index contributed by atoms with van der Waals surface area (Å²) < 4.78 is 116. The van der Waals surface area contributed by atoms with Gasteiger partial charge in [-0.15, -0.1) is 10.2 Å². The van der Waals surface area contributed by atoms with Crippen LogP contribution in [0.3, 0.4) is 0 Å². The highest BCUT2D eigenvalue weighted by atomic mass is 35.5. The van der Waals surface area contributed by atoms with Gasteiger partial charge in [0.25, 0.3) is 30.4 Å². The molecule has 0 unspecified atom stereocenters. The predicted molar refractivity (Wildman–Crippen MR) is 258 cm³/mol. The van der Waals surface area contributed by atoms with Crippen LogP contribution in [0.4, 0.5) is 28.7 Å². The number of hydrogen-bond acceptors (Lipinski definition) is 18. The molecule has 0 aliphatic carbocycles. The highest BCUT2D eigenvalue weighted by molar-refractivity contribution is 7.86. The van der Waals surface area contributed by atoms with E-state index < -0.39 is 41.0 Å². The van der Waals surface area contributed by atoms with Gasteiger partial charge in [-0.2, -0.15) is 45.4 Å². The molecule has 6 rings (SSSR count). The average Bonchev–Trinajstić information content (AvgIpc) is 3.31. The molecule has 21 nitrogen and oxygen atoms in total. The van der Waals surface area contributed by atoms with Gasteiger partial charge in [0.15, 0.2) is 0 Å². The number of benzene rings is 5. The van der Waals surface area contributed by atoms with Crippen molar-refractivity contribution in [3.8, 4) is 17.2 Å². The number of halogens is 2. The molecule has 0 radical (unpaired) electrons. The summed E-state index contributed by atoms with van der Waals surface area (Å²) in [4.78, 5) is 13.3. The van der Waals surface area contributed by atoms with Crippen molar-refractivity contribution in [1.82, 2.24) is 15.0 Å². The van der Waals surface area contributed by atoms with Crippen LogP contribution in [0.2, 0.25) is 10.0 Å². The SMILES string of the molecule is CCCOc1cc(N=Nc2ccc(CO)cc2)c(Cl)cc1Cc1nc(Cc2cc(Cl)c(N=Nc3ccc(OC)c(S(=O)(=O)O)c3)cc2OCCCS(=O)(=O)O)nc(NCc2ccc(S(=O)(=O)O)cc2)n1. The van der Waals surface area contributed by atoms with E-state index in [1.165, 1.54) is 55.6 Å². The van der Waals surface area contributed by atoms with Crippen molar-refractivity contribution in [2.24, 2.45) is 20.5 Å². The number of nitrogens with zero attached hydrogens (tertiary/aromatic N) is 7. The summed E-state index contributed by atoms with van der Waals surface area (Å²) in [5.74, 6) is 0.332. The molecule has 1 aromatic heterocycles. The zero-order valence-corrected chi connectivity index (χ0v) is 41.1. The van der Waals surface area contributed by atoms with Crippen molar-refractivity contribution >= 4 is 82.3 Å². The molecule has 0 saturated carbocycles. The summed E-state index contributed by atoms with van der Waals surface area (Å²) in [7, 11) is -12.2. The number of ether oxygens (including phenoxy) is 3. The van der Waals surface area contributed by atoms with Crippen LogP contribution < -0.4 is 19.5 Å². The lowest BCUT2D eigenvalue weighted by atomic mass is 10.1. The van der Waals surface area contributed by atoms with Crippen molar-refractivity contribution in [2.75, 3.05) is 31.4 Å². The van der Waals surface area contributed by atoms with Crippen LogP contribution in [0.15, 0.2) is 121 Å². The van der Waals surface area contributed by atoms with Crippen LogP contribution in [-0.4, -0.2) is 85.0 Å². The Morgan fingerprint density at radius 1 is 0.629 bits per heavy atom. The molecule has 0 bridgehead atoms. The molecule has 0 spiro atoms. The second kappa shape index (κ2) is 23.6. The highest BCUT2D eigenvalue weighted by Crippen LogP contribution is 2.38. The summed E-state index contributed by atoms with van der Waals surface area (Å²) in [5, 5.41) is 29.7. The van der Waals surface area contributed by atoms with E-state index in [1.54, 1.807) is 36.4 Å². The summed E-state index contributed by atoms with van der Waals surface area (Å²) in [6.45, 7) is 2.06. The smallest absolute Gasteiger partial charge is 0.298 e. The van der Waals surface area contributed by atoms with Gasteiger partial charge in [-0.1, -0.05) is 54.4 Å². The molecule has 70 heavy (non-hydrogen) atoms. The molecule has 370 valence electrons. The van der Waals surface area contributed by atoms with Crippen LogP contribution in [0.5, 0.6) is 17.2 Å². The molecular formula is C44H44Cl2N8O13S3. The minimum Gasteiger partial charge on any atom is -0.495 e. The van der Waals surface area contributed by atoms with Crippen molar-refractivity contribution in [3.05, 3.63) is 135 Å². The van der Waals surface area contributed by atoms with E-state index >= 15 is 0 Å². The van der Waals surface area contributed by atoms with Gasteiger partial charge >= 0.3 is 0 Å². The third kappa shape index (κ3) is 15.4. The predicted octanol–water partition coefficient (Wildman–Crippen LogP) is 9.24. The standard InChI is InChI=1S/C44H44Cl2N8O13S3/c1-3-15-66-39-23-36(53-51-31-9-5-28(26-55)6-10-31)34(45)18-29(39)20-42-48-43(50-44(49-42)47-25-27-7-12-33(13-8-27)69(59,60)61)21-30-19-35(46)37(24-40(30)67-16-4-17-68(56,57)58)54-52-32-11-14-38(65-2)41(22-32)70(62,63)64/h5-14,18-19,22-24,55H,3-4,15-17,20-21,25-26H2,1-2H3,(H,56,57,58)(H,59,60,61)(H,62,63,64)(H,47,48,49,50). The number of aromatic nitrogens is 3. The van der Waals surface area contributed by atoms with Crippen LogP contribution in [0.25, 0.3) is 0 Å². The number of aliphatic hydroxyl groups is 1. The summed E-state index contributed by atoms with van der Waals surface area (Å²) in [6.07, 6.45) is 0.535. The van der Waals surface area contributed by atoms with Crippen LogP contribution in [0.1, 0.15) is 53.7 Å². The zero-order valence-electron chi connectivity index (χ0n) is 37.1.